The average molecular weight is 338 g/mol. The van der Waals surface area contributed by atoms with E-state index in [1.54, 1.807) is 26.2 Å². The molecule has 3 N–H and O–H groups in total. The highest BCUT2D eigenvalue weighted by Crippen LogP contribution is 2.23. The molecule has 130 valence electrons. The maximum Gasteiger partial charge on any atom is 0.155 e. The minimum absolute atomic E-state index is 0.413. The fourth-order valence-electron chi connectivity index (χ4n) is 3.04. The summed E-state index contributed by atoms with van der Waals surface area (Å²) >= 11 is 0. The molecule has 1 atom stereocenters. The van der Waals surface area contributed by atoms with Crippen LogP contribution in [-0.2, 0) is 5.60 Å². The van der Waals surface area contributed by atoms with Crippen LogP contribution in [-0.4, -0.2) is 43.6 Å². The number of anilines is 1. The van der Waals surface area contributed by atoms with E-state index in [1.165, 1.54) is 0 Å². The van der Waals surface area contributed by atoms with Crippen molar-refractivity contribution in [1.29, 1.82) is 0 Å². The number of nitrogens with one attached hydrogen (secondary N) is 2. The van der Waals surface area contributed by atoms with Gasteiger partial charge in [-0.1, -0.05) is 6.07 Å². The van der Waals surface area contributed by atoms with Gasteiger partial charge in [0.1, 0.15) is 11.4 Å². The number of hydrogen-bond donors (Lipinski definition) is 3. The number of hydrogen-bond acceptors (Lipinski definition) is 6. The number of fused-ring (bicyclic) bond motifs is 1. The average Bonchev–Trinajstić information content (AvgIpc) is 3.23. The van der Waals surface area contributed by atoms with E-state index in [0.717, 1.165) is 42.4 Å². The van der Waals surface area contributed by atoms with Crippen LogP contribution in [0.3, 0.4) is 0 Å². The van der Waals surface area contributed by atoms with Crippen LogP contribution in [0.2, 0.25) is 0 Å². The summed E-state index contributed by atoms with van der Waals surface area (Å²) in [7, 11) is 0. The van der Waals surface area contributed by atoms with Crippen LogP contribution in [0.1, 0.15) is 26.0 Å². The lowest BCUT2D eigenvalue weighted by Crippen LogP contribution is -2.22. The van der Waals surface area contributed by atoms with E-state index in [1.807, 2.05) is 28.8 Å². The van der Waals surface area contributed by atoms with Crippen molar-refractivity contribution in [2.75, 3.05) is 18.4 Å². The fourth-order valence-corrected chi connectivity index (χ4v) is 3.04. The molecule has 0 aliphatic carbocycles. The first-order chi connectivity index (χ1) is 12.0. The predicted molar refractivity (Wildman–Crippen MR) is 96.4 cm³/mol. The second-order valence-corrected chi connectivity index (χ2v) is 6.95. The number of pyridine rings is 1. The lowest BCUT2D eigenvalue weighted by atomic mass is 10.1. The van der Waals surface area contributed by atoms with E-state index in [2.05, 4.69) is 20.6 Å². The van der Waals surface area contributed by atoms with Crippen molar-refractivity contribution in [3.63, 3.8) is 0 Å². The Morgan fingerprint density at radius 3 is 2.92 bits per heavy atom. The molecule has 0 bridgehead atoms. The zero-order valence-electron chi connectivity index (χ0n) is 14.4. The quantitative estimate of drug-likeness (QED) is 0.672. The Kier molecular flexibility index (Phi) is 3.89. The number of rotatable bonds is 4. The van der Waals surface area contributed by atoms with Crippen LogP contribution in [0.25, 0.3) is 17.0 Å². The molecular formula is C18H22N6O. The van der Waals surface area contributed by atoms with Gasteiger partial charge in [0.05, 0.1) is 29.5 Å². The molecule has 7 nitrogen and oxygen atoms in total. The van der Waals surface area contributed by atoms with Gasteiger partial charge in [0.2, 0.25) is 0 Å². The van der Waals surface area contributed by atoms with Crippen molar-refractivity contribution < 1.29 is 5.11 Å². The Balaban J connectivity index is 1.71. The van der Waals surface area contributed by atoms with Gasteiger partial charge >= 0.3 is 0 Å². The molecular weight excluding hydrogens is 316 g/mol. The zero-order chi connectivity index (χ0) is 17.4. The molecule has 1 saturated heterocycles. The molecule has 0 spiro atoms. The summed E-state index contributed by atoms with van der Waals surface area (Å²) in [5, 5.41) is 17.0. The first kappa shape index (κ1) is 16.0. The maximum atomic E-state index is 10.2. The molecule has 0 saturated carbocycles. The van der Waals surface area contributed by atoms with Crippen molar-refractivity contribution in [2.24, 2.45) is 0 Å². The van der Waals surface area contributed by atoms with E-state index in [0.29, 0.717) is 11.7 Å². The Labute approximate surface area is 146 Å². The highest BCUT2D eigenvalue weighted by molar-refractivity contribution is 5.61. The Morgan fingerprint density at radius 2 is 2.16 bits per heavy atom. The van der Waals surface area contributed by atoms with E-state index in [-0.39, 0.29) is 0 Å². The summed E-state index contributed by atoms with van der Waals surface area (Å²) < 4.78 is 1.92. The minimum atomic E-state index is -1.01. The molecule has 1 aliphatic heterocycles. The summed E-state index contributed by atoms with van der Waals surface area (Å²) in [4.78, 5) is 13.4. The molecule has 3 aromatic heterocycles. The zero-order valence-corrected chi connectivity index (χ0v) is 14.4. The monoisotopic (exact) mass is 338 g/mol. The molecule has 4 rings (SSSR count). The van der Waals surface area contributed by atoms with Gasteiger partial charge in [0.15, 0.2) is 5.65 Å². The number of aliphatic hydroxyl groups is 1. The topological polar surface area (TPSA) is 87.4 Å². The van der Waals surface area contributed by atoms with Crippen LogP contribution in [0.15, 0.2) is 36.8 Å². The molecule has 1 aliphatic rings. The van der Waals surface area contributed by atoms with Gasteiger partial charge in [-0.15, -0.1) is 0 Å². The van der Waals surface area contributed by atoms with Gasteiger partial charge in [0, 0.05) is 18.8 Å². The molecule has 7 heteroatoms. The van der Waals surface area contributed by atoms with Gasteiger partial charge in [-0.2, -0.15) is 0 Å². The van der Waals surface area contributed by atoms with Crippen molar-refractivity contribution in [1.82, 2.24) is 24.7 Å². The van der Waals surface area contributed by atoms with Crippen molar-refractivity contribution in [2.45, 2.75) is 31.9 Å². The van der Waals surface area contributed by atoms with Crippen molar-refractivity contribution in [3.05, 3.63) is 42.5 Å². The third kappa shape index (κ3) is 3.20. The van der Waals surface area contributed by atoms with Crippen LogP contribution in [0.5, 0.6) is 0 Å². The molecule has 3 aromatic rings. The van der Waals surface area contributed by atoms with Gasteiger partial charge in [-0.25, -0.2) is 9.97 Å². The smallest absolute Gasteiger partial charge is 0.155 e. The first-order valence-corrected chi connectivity index (χ1v) is 8.51. The Morgan fingerprint density at radius 1 is 1.28 bits per heavy atom. The van der Waals surface area contributed by atoms with Crippen LogP contribution < -0.4 is 10.6 Å². The molecule has 0 amide bonds. The normalized spacial score (nSPS) is 18.0. The maximum absolute atomic E-state index is 10.2. The Bertz CT molecular complexity index is 892. The van der Waals surface area contributed by atoms with Gasteiger partial charge in [0.25, 0.3) is 0 Å². The van der Waals surface area contributed by atoms with E-state index >= 15 is 0 Å². The lowest BCUT2D eigenvalue weighted by Gasteiger charge is -2.16. The van der Waals surface area contributed by atoms with Gasteiger partial charge in [-0.05, 0) is 38.9 Å². The molecule has 0 aromatic carbocycles. The number of imidazole rings is 1. The highest BCUT2D eigenvalue weighted by Gasteiger charge is 2.20. The largest absolute Gasteiger partial charge is 0.384 e. The lowest BCUT2D eigenvalue weighted by molar-refractivity contribution is 0.0734. The second-order valence-electron chi connectivity index (χ2n) is 6.95. The predicted octanol–water partition coefficient (Wildman–Crippen LogP) is 1.79. The summed E-state index contributed by atoms with van der Waals surface area (Å²) in [6.45, 7) is 5.44. The van der Waals surface area contributed by atoms with E-state index < -0.39 is 5.60 Å². The fraction of sp³-hybridized carbons (Fsp3) is 0.389. The Hall–Kier alpha value is -2.51. The number of nitrogens with zero attached hydrogens (tertiary/aromatic N) is 4. The standard InChI is InChI=1S/C18H22N6O/c1-18(2,25)15-11-24-14(9-21-17(24)10-20-15)13-4-3-5-16(23-13)22-12-6-7-19-8-12/h3-5,9-12,19,25H,6-8H2,1-2H3,(H,22,23). The third-order valence-corrected chi connectivity index (χ3v) is 4.45. The van der Waals surface area contributed by atoms with Crippen molar-refractivity contribution >= 4 is 11.5 Å². The van der Waals surface area contributed by atoms with Crippen LogP contribution in [0, 0.1) is 0 Å². The SMILES string of the molecule is CC(C)(O)c1cn2c(-c3cccc(NC4CCNC4)n3)cnc2cn1. The molecule has 1 unspecified atom stereocenters. The molecule has 0 radical (unpaired) electrons. The second kappa shape index (κ2) is 6.09. The first-order valence-electron chi connectivity index (χ1n) is 8.51. The summed E-state index contributed by atoms with van der Waals surface area (Å²) in [6.07, 6.45) is 6.37. The summed E-state index contributed by atoms with van der Waals surface area (Å²) in [5.74, 6) is 0.859. The van der Waals surface area contributed by atoms with E-state index in [4.69, 9.17) is 4.98 Å². The van der Waals surface area contributed by atoms with Crippen LogP contribution in [0.4, 0.5) is 5.82 Å². The van der Waals surface area contributed by atoms with Gasteiger partial charge < -0.3 is 15.7 Å². The summed E-state index contributed by atoms with van der Waals surface area (Å²) in [5.41, 5.74) is 2.00. The van der Waals surface area contributed by atoms with Crippen LogP contribution >= 0.6 is 0 Å². The van der Waals surface area contributed by atoms with Gasteiger partial charge in [-0.3, -0.25) is 9.38 Å². The third-order valence-electron chi connectivity index (χ3n) is 4.45. The highest BCUT2D eigenvalue weighted by atomic mass is 16.3. The minimum Gasteiger partial charge on any atom is -0.384 e. The summed E-state index contributed by atoms with van der Waals surface area (Å²) in [6, 6.07) is 6.35. The molecule has 25 heavy (non-hydrogen) atoms. The molecule has 4 heterocycles. The van der Waals surface area contributed by atoms with Crippen molar-refractivity contribution in [3.8, 4) is 11.4 Å². The van der Waals surface area contributed by atoms with E-state index in [9.17, 15) is 5.11 Å². The number of aromatic nitrogens is 4. The molecule has 1 fully saturated rings.